The number of fused-ring (bicyclic) bond motifs is 1. The van der Waals surface area contributed by atoms with Crippen molar-refractivity contribution in [3.63, 3.8) is 0 Å². The first kappa shape index (κ1) is 18.4. The van der Waals surface area contributed by atoms with E-state index in [-0.39, 0.29) is 11.8 Å². The Morgan fingerprint density at radius 3 is 2.85 bits per heavy atom. The third-order valence-electron chi connectivity index (χ3n) is 4.29. The summed E-state index contributed by atoms with van der Waals surface area (Å²) in [5.41, 5.74) is 2.83. The molecule has 1 aromatic carbocycles. The number of nitrogens with zero attached hydrogens (tertiary/aromatic N) is 2. The van der Waals surface area contributed by atoms with E-state index in [4.69, 9.17) is 16.3 Å². The Bertz CT molecular complexity index is 864. The topological polar surface area (TPSA) is 55.6 Å². The highest BCUT2D eigenvalue weighted by atomic mass is 35.5. The Balaban J connectivity index is 1.86. The maximum absolute atomic E-state index is 12.5. The summed E-state index contributed by atoms with van der Waals surface area (Å²) in [6.45, 7) is 1.24. The third-order valence-corrected chi connectivity index (χ3v) is 4.52. The van der Waals surface area contributed by atoms with Gasteiger partial charge in [-0.1, -0.05) is 41.9 Å². The predicted molar refractivity (Wildman–Crippen MR) is 103 cm³/mol. The molecule has 2 heterocycles. The van der Waals surface area contributed by atoms with Crippen LogP contribution in [0.15, 0.2) is 54.9 Å². The van der Waals surface area contributed by atoms with Gasteiger partial charge >= 0.3 is 0 Å². The number of rotatable bonds is 8. The maximum atomic E-state index is 12.5. The Hall–Kier alpha value is -2.37. The van der Waals surface area contributed by atoms with Crippen LogP contribution in [0, 0.1) is 0 Å². The molecule has 1 N–H and O–H groups in total. The highest BCUT2D eigenvalue weighted by Gasteiger charge is 2.21. The number of hydrogen-bond donors (Lipinski definition) is 1. The van der Waals surface area contributed by atoms with E-state index >= 15 is 0 Å². The molecule has 0 aliphatic rings. The number of hydrogen-bond acceptors (Lipinski definition) is 3. The fourth-order valence-corrected chi connectivity index (χ4v) is 3.17. The van der Waals surface area contributed by atoms with Crippen LogP contribution < -0.4 is 5.32 Å². The Morgan fingerprint density at radius 1 is 1.27 bits per heavy atom. The fourth-order valence-electron chi connectivity index (χ4n) is 3.01. The standard InChI is InChI=1S/C20H22ClN3O2/c1-26-11-5-10-22-20(25)12-17(15-6-3-2-4-7-15)18-13-23-19-9-8-16(21)14-24(18)19/h2-4,6-9,13-14,17H,5,10-12H2,1H3,(H,22,25). The number of carbonyl (C=O) groups excluding carboxylic acids is 1. The second kappa shape index (κ2) is 8.83. The number of amides is 1. The molecule has 136 valence electrons. The van der Waals surface area contributed by atoms with Crippen LogP contribution >= 0.6 is 11.6 Å². The number of imidazole rings is 1. The van der Waals surface area contributed by atoms with Crippen LogP contribution in [0.1, 0.15) is 30.0 Å². The van der Waals surface area contributed by atoms with E-state index in [2.05, 4.69) is 10.3 Å². The van der Waals surface area contributed by atoms with Crippen molar-refractivity contribution >= 4 is 23.2 Å². The summed E-state index contributed by atoms with van der Waals surface area (Å²) in [7, 11) is 1.66. The first-order valence-corrected chi connectivity index (χ1v) is 9.00. The number of benzene rings is 1. The Kier molecular flexibility index (Phi) is 6.26. The summed E-state index contributed by atoms with van der Waals surface area (Å²) < 4.78 is 6.97. The quantitative estimate of drug-likeness (QED) is 0.615. The van der Waals surface area contributed by atoms with Gasteiger partial charge in [0.2, 0.25) is 5.91 Å². The van der Waals surface area contributed by atoms with Gasteiger partial charge in [0.25, 0.3) is 0 Å². The molecule has 1 unspecified atom stereocenters. The zero-order valence-electron chi connectivity index (χ0n) is 14.7. The summed E-state index contributed by atoms with van der Waals surface area (Å²) in [5, 5.41) is 3.60. The van der Waals surface area contributed by atoms with E-state index in [1.54, 1.807) is 7.11 Å². The molecule has 3 rings (SSSR count). The summed E-state index contributed by atoms with van der Waals surface area (Å²) in [6.07, 6.45) is 4.80. The monoisotopic (exact) mass is 371 g/mol. The number of methoxy groups -OCH3 is 1. The van der Waals surface area contributed by atoms with Crippen LogP contribution in [0.4, 0.5) is 0 Å². The number of aromatic nitrogens is 2. The lowest BCUT2D eigenvalue weighted by atomic mass is 9.92. The Morgan fingerprint density at radius 2 is 2.08 bits per heavy atom. The van der Waals surface area contributed by atoms with E-state index in [9.17, 15) is 4.79 Å². The first-order valence-electron chi connectivity index (χ1n) is 8.62. The van der Waals surface area contributed by atoms with Gasteiger partial charge in [-0.05, 0) is 24.1 Å². The minimum Gasteiger partial charge on any atom is -0.385 e. The van der Waals surface area contributed by atoms with Crippen molar-refractivity contribution in [3.05, 3.63) is 71.1 Å². The van der Waals surface area contributed by atoms with Crippen molar-refractivity contribution in [1.29, 1.82) is 0 Å². The van der Waals surface area contributed by atoms with Crippen molar-refractivity contribution < 1.29 is 9.53 Å². The SMILES string of the molecule is COCCCNC(=O)CC(c1ccccc1)c1cnc2ccc(Cl)cn12. The van der Waals surface area contributed by atoms with Gasteiger partial charge in [-0.25, -0.2) is 4.98 Å². The normalized spacial score (nSPS) is 12.2. The van der Waals surface area contributed by atoms with Crippen molar-refractivity contribution in [3.8, 4) is 0 Å². The summed E-state index contributed by atoms with van der Waals surface area (Å²) >= 11 is 6.16. The molecule has 1 amide bonds. The molecule has 0 spiro atoms. The average molecular weight is 372 g/mol. The summed E-state index contributed by atoms with van der Waals surface area (Å²) in [5.74, 6) is -0.0981. The average Bonchev–Trinajstić information content (AvgIpc) is 3.07. The molecule has 0 fully saturated rings. The van der Waals surface area contributed by atoms with Gasteiger partial charge in [-0.3, -0.25) is 4.79 Å². The second-order valence-electron chi connectivity index (χ2n) is 6.12. The molecule has 6 heteroatoms. The summed E-state index contributed by atoms with van der Waals surface area (Å²) in [6, 6.07) is 13.7. The van der Waals surface area contributed by atoms with Crippen LogP contribution in [-0.4, -0.2) is 35.6 Å². The van der Waals surface area contributed by atoms with E-state index < -0.39 is 0 Å². The second-order valence-corrected chi connectivity index (χ2v) is 6.56. The van der Waals surface area contributed by atoms with Gasteiger partial charge in [0.1, 0.15) is 5.65 Å². The van der Waals surface area contributed by atoms with E-state index in [0.717, 1.165) is 23.3 Å². The largest absolute Gasteiger partial charge is 0.385 e. The van der Waals surface area contributed by atoms with Gasteiger partial charge in [-0.15, -0.1) is 0 Å². The lowest BCUT2D eigenvalue weighted by Crippen LogP contribution is -2.27. The number of pyridine rings is 1. The fraction of sp³-hybridized carbons (Fsp3) is 0.300. The predicted octanol–water partition coefficient (Wildman–Crippen LogP) is 3.66. The molecule has 0 bridgehead atoms. The minimum absolute atomic E-state index is 0.00642. The number of ether oxygens (including phenoxy) is 1. The van der Waals surface area contributed by atoms with Crippen LogP contribution in [-0.2, 0) is 9.53 Å². The summed E-state index contributed by atoms with van der Waals surface area (Å²) in [4.78, 5) is 16.9. The number of carbonyl (C=O) groups is 1. The van der Waals surface area contributed by atoms with Crippen molar-refractivity contribution in [2.45, 2.75) is 18.8 Å². The third kappa shape index (κ3) is 4.42. The molecule has 26 heavy (non-hydrogen) atoms. The van der Waals surface area contributed by atoms with Gasteiger partial charge in [0.15, 0.2) is 0 Å². The van der Waals surface area contributed by atoms with Crippen LogP contribution in [0.3, 0.4) is 0 Å². The lowest BCUT2D eigenvalue weighted by molar-refractivity contribution is -0.121. The molecular weight excluding hydrogens is 350 g/mol. The van der Waals surface area contributed by atoms with E-state index in [0.29, 0.717) is 24.6 Å². The lowest BCUT2D eigenvalue weighted by Gasteiger charge is -2.17. The van der Waals surface area contributed by atoms with Gasteiger partial charge in [0.05, 0.1) is 10.7 Å². The number of nitrogens with one attached hydrogen (secondary N) is 1. The Labute approximate surface area is 158 Å². The minimum atomic E-state index is -0.105. The zero-order valence-corrected chi connectivity index (χ0v) is 15.4. The molecule has 2 aromatic heterocycles. The molecule has 0 radical (unpaired) electrons. The zero-order chi connectivity index (χ0) is 18.4. The molecule has 1 atom stereocenters. The van der Waals surface area contributed by atoms with Crippen LogP contribution in [0.2, 0.25) is 5.02 Å². The van der Waals surface area contributed by atoms with E-state index in [1.165, 1.54) is 0 Å². The maximum Gasteiger partial charge on any atom is 0.221 e. The highest BCUT2D eigenvalue weighted by molar-refractivity contribution is 6.30. The molecule has 3 aromatic rings. The van der Waals surface area contributed by atoms with Gasteiger partial charge in [0, 0.05) is 45.0 Å². The van der Waals surface area contributed by atoms with Gasteiger partial charge < -0.3 is 14.5 Å². The van der Waals surface area contributed by atoms with Crippen LogP contribution in [0.25, 0.3) is 5.65 Å². The van der Waals surface area contributed by atoms with E-state index in [1.807, 2.05) is 59.3 Å². The highest BCUT2D eigenvalue weighted by Crippen LogP contribution is 2.29. The molecular formula is C20H22ClN3O2. The number of halogens is 1. The first-order chi connectivity index (χ1) is 12.7. The molecule has 0 saturated heterocycles. The van der Waals surface area contributed by atoms with Crippen LogP contribution in [0.5, 0.6) is 0 Å². The molecule has 0 aliphatic heterocycles. The van der Waals surface area contributed by atoms with Crippen molar-refractivity contribution in [1.82, 2.24) is 14.7 Å². The molecule has 5 nitrogen and oxygen atoms in total. The van der Waals surface area contributed by atoms with Gasteiger partial charge in [-0.2, -0.15) is 0 Å². The van der Waals surface area contributed by atoms with Crippen molar-refractivity contribution in [2.75, 3.05) is 20.3 Å². The molecule has 0 aliphatic carbocycles. The van der Waals surface area contributed by atoms with Crippen molar-refractivity contribution in [2.24, 2.45) is 0 Å². The molecule has 0 saturated carbocycles. The smallest absolute Gasteiger partial charge is 0.221 e.